The molecule has 0 fully saturated rings. The lowest BCUT2D eigenvalue weighted by atomic mass is 10.3. The minimum Gasteiger partial charge on any atom is -0.347 e. The van der Waals surface area contributed by atoms with Crippen LogP contribution >= 0.6 is 23.2 Å². The van der Waals surface area contributed by atoms with E-state index in [4.69, 9.17) is 23.2 Å². The van der Waals surface area contributed by atoms with E-state index in [1.807, 2.05) is 0 Å². The van der Waals surface area contributed by atoms with Crippen molar-refractivity contribution in [3.63, 3.8) is 0 Å². The van der Waals surface area contributed by atoms with Gasteiger partial charge in [-0.15, -0.1) is 0 Å². The van der Waals surface area contributed by atoms with E-state index in [-0.39, 0.29) is 16.9 Å². The highest BCUT2D eigenvalue weighted by molar-refractivity contribution is 6.30. The molecule has 5 nitrogen and oxygen atoms in total. The average molecular weight is 302 g/mol. The third kappa shape index (κ3) is 3.42. The Labute approximate surface area is 119 Å². The largest absolute Gasteiger partial charge is 0.347 e. The van der Waals surface area contributed by atoms with Gasteiger partial charge in [0.2, 0.25) is 17.2 Å². The molecule has 0 radical (unpaired) electrons. The van der Waals surface area contributed by atoms with Gasteiger partial charge >= 0.3 is 0 Å². The molecule has 0 spiro atoms. The van der Waals surface area contributed by atoms with Crippen LogP contribution in [-0.4, -0.2) is 29.0 Å². The van der Waals surface area contributed by atoms with Crippen molar-refractivity contribution in [1.82, 2.24) is 15.0 Å². The summed E-state index contributed by atoms with van der Waals surface area (Å²) in [5.41, 5.74) is 0.166. The zero-order valence-corrected chi connectivity index (χ0v) is 11.7. The van der Waals surface area contributed by atoms with Gasteiger partial charge in [-0.05, 0) is 29.8 Å². The Morgan fingerprint density at radius 2 is 1.89 bits per heavy atom. The van der Waals surface area contributed by atoms with Crippen LogP contribution in [0.1, 0.15) is 0 Å². The van der Waals surface area contributed by atoms with Crippen LogP contribution in [0.4, 0.5) is 22.0 Å². The summed E-state index contributed by atoms with van der Waals surface area (Å²) in [4.78, 5) is 13.6. The average Bonchev–Trinajstić information content (AvgIpc) is 2.33. The molecule has 19 heavy (non-hydrogen) atoms. The minimum absolute atomic E-state index is 0.0173. The Hall–Kier alpha value is -1.66. The minimum atomic E-state index is -0.465. The number of nitrogens with one attached hydrogen (secondary N) is 1. The Balaban J connectivity index is 2.35. The third-order valence-corrected chi connectivity index (χ3v) is 2.58. The third-order valence-electron chi connectivity index (χ3n) is 2.17. The van der Waals surface area contributed by atoms with Gasteiger partial charge in [0.15, 0.2) is 0 Å². The van der Waals surface area contributed by atoms with Crippen LogP contribution in [0.25, 0.3) is 0 Å². The molecule has 0 atom stereocenters. The van der Waals surface area contributed by atoms with Crippen molar-refractivity contribution >= 4 is 40.8 Å². The van der Waals surface area contributed by atoms with Crippen molar-refractivity contribution in [1.29, 1.82) is 0 Å². The number of benzene rings is 1. The fraction of sp³-hybridized carbons (Fsp3) is 0.182. The summed E-state index contributed by atoms with van der Waals surface area (Å²) in [5, 5.41) is 3.13. The van der Waals surface area contributed by atoms with Crippen molar-refractivity contribution < 1.29 is 4.39 Å². The van der Waals surface area contributed by atoms with Gasteiger partial charge in [-0.25, -0.2) is 4.39 Å². The first-order chi connectivity index (χ1) is 8.95. The Bertz CT molecular complexity index is 606. The SMILES string of the molecule is CN(C)c1nc(Cl)nc(Nc2cc(Cl)ccc2F)n1. The van der Waals surface area contributed by atoms with Crippen molar-refractivity contribution in [2.45, 2.75) is 0 Å². The normalized spacial score (nSPS) is 10.4. The van der Waals surface area contributed by atoms with Crippen LogP contribution in [0.15, 0.2) is 18.2 Å². The molecule has 1 N–H and O–H groups in total. The molecule has 0 aliphatic rings. The van der Waals surface area contributed by atoms with E-state index < -0.39 is 5.82 Å². The highest BCUT2D eigenvalue weighted by Crippen LogP contribution is 2.23. The maximum atomic E-state index is 13.6. The molecule has 0 aliphatic carbocycles. The quantitative estimate of drug-likeness (QED) is 0.944. The molecule has 0 saturated heterocycles. The molecule has 0 saturated carbocycles. The molecule has 1 aromatic heterocycles. The van der Waals surface area contributed by atoms with Gasteiger partial charge in [0.05, 0.1) is 5.69 Å². The number of nitrogens with zero attached hydrogens (tertiary/aromatic N) is 4. The topological polar surface area (TPSA) is 53.9 Å². The van der Waals surface area contributed by atoms with Crippen molar-refractivity contribution in [2.24, 2.45) is 0 Å². The number of halogens is 3. The summed E-state index contributed by atoms with van der Waals surface area (Å²) in [6, 6.07) is 4.14. The van der Waals surface area contributed by atoms with Crippen LogP contribution in [0.2, 0.25) is 10.3 Å². The lowest BCUT2D eigenvalue weighted by molar-refractivity contribution is 0.631. The second-order valence-electron chi connectivity index (χ2n) is 3.87. The predicted molar refractivity (Wildman–Crippen MR) is 73.9 cm³/mol. The van der Waals surface area contributed by atoms with Crippen molar-refractivity contribution in [2.75, 3.05) is 24.3 Å². The molecule has 0 bridgehead atoms. The second-order valence-corrected chi connectivity index (χ2v) is 4.65. The van der Waals surface area contributed by atoms with Gasteiger partial charge in [-0.2, -0.15) is 15.0 Å². The molecule has 0 aliphatic heterocycles. The zero-order chi connectivity index (χ0) is 14.0. The van der Waals surface area contributed by atoms with E-state index in [2.05, 4.69) is 20.3 Å². The number of hydrogen-bond donors (Lipinski definition) is 1. The number of hydrogen-bond acceptors (Lipinski definition) is 5. The van der Waals surface area contributed by atoms with Crippen LogP contribution in [-0.2, 0) is 0 Å². The van der Waals surface area contributed by atoms with Gasteiger partial charge in [-0.3, -0.25) is 0 Å². The maximum Gasteiger partial charge on any atom is 0.233 e. The summed E-state index contributed by atoms with van der Waals surface area (Å²) >= 11 is 11.6. The van der Waals surface area contributed by atoms with Gasteiger partial charge in [0.1, 0.15) is 5.82 Å². The van der Waals surface area contributed by atoms with Crippen LogP contribution in [0.5, 0.6) is 0 Å². The standard InChI is InChI=1S/C11H10Cl2FN5/c1-19(2)11-17-9(13)16-10(18-11)15-8-5-6(12)3-4-7(8)14/h3-5H,1-2H3,(H,15,16,17,18). The van der Waals surface area contributed by atoms with E-state index in [9.17, 15) is 4.39 Å². The Morgan fingerprint density at radius 1 is 1.16 bits per heavy atom. The van der Waals surface area contributed by atoms with E-state index in [0.717, 1.165) is 0 Å². The molecular weight excluding hydrogens is 292 g/mol. The first-order valence-electron chi connectivity index (χ1n) is 5.26. The Morgan fingerprint density at radius 3 is 2.58 bits per heavy atom. The second kappa shape index (κ2) is 5.54. The molecule has 100 valence electrons. The lowest BCUT2D eigenvalue weighted by Crippen LogP contribution is -2.14. The fourth-order valence-electron chi connectivity index (χ4n) is 1.31. The van der Waals surface area contributed by atoms with E-state index in [1.165, 1.54) is 18.2 Å². The molecular formula is C11H10Cl2FN5. The van der Waals surface area contributed by atoms with E-state index in [1.54, 1.807) is 19.0 Å². The van der Waals surface area contributed by atoms with Gasteiger partial charge in [-0.1, -0.05) is 11.6 Å². The summed E-state index contributed by atoms with van der Waals surface area (Å²) in [6.45, 7) is 0. The number of anilines is 3. The molecule has 1 heterocycles. The van der Waals surface area contributed by atoms with E-state index in [0.29, 0.717) is 11.0 Å². The summed E-state index contributed by atoms with van der Waals surface area (Å²) in [6.07, 6.45) is 0. The van der Waals surface area contributed by atoms with E-state index >= 15 is 0 Å². The summed E-state index contributed by atoms with van der Waals surface area (Å²) in [5.74, 6) is 0.0436. The first-order valence-corrected chi connectivity index (χ1v) is 6.02. The number of aromatic nitrogens is 3. The van der Waals surface area contributed by atoms with Gasteiger partial charge < -0.3 is 10.2 Å². The van der Waals surface area contributed by atoms with Crippen molar-refractivity contribution in [3.8, 4) is 0 Å². The van der Waals surface area contributed by atoms with Gasteiger partial charge in [0, 0.05) is 19.1 Å². The molecule has 1 aromatic carbocycles. The molecule has 2 aromatic rings. The van der Waals surface area contributed by atoms with Gasteiger partial charge in [0.25, 0.3) is 0 Å². The highest BCUT2D eigenvalue weighted by Gasteiger charge is 2.09. The zero-order valence-electron chi connectivity index (χ0n) is 10.2. The smallest absolute Gasteiger partial charge is 0.233 e. The number of rotatable bonds is 3. The maximum absolute atomic E-state index is 13.6. The fourth-order valence-corrected chi connectivity index (χ4v) is 1.64. The molecule has 8 heteroatoms. The molecule has 0 unspecified atom stereocenters. The van der Waals surface area contributed by atoms with Crippen LogP contribution < -0.4 is 10.2 Å². The van der Waals surface area contributed by atoms with Crippen LogP contribution in [0, 0.1) is 5.82 Å². The first kappa shape index (κ1) is 13.8. The monoisotopic (exact) mass is 301 g/mol. The summed E-state index contributed by atoms with van der Waals surface area (Å²) < 4.78 is 13.6. The highest BCUT2D eigenvalue weighted by atomic mass is 35.5. The predicted octanol–water partition coefficient (Wildman–Crippen LogP) is 3.13. The lowest BCUT2D eigenvalue weighted by Gasteiger charge is -2.12. The van der Waals surface area contributed by atoms with Crippen molar-refractivity contribution in [3.05, 3.63) is 34.3 Å². The Kier molecular flexibility index (Phi) is 4.01. The summed E-state index contributed by atoms with van der Waals surface area (Å²) in [7, 11) is 3.52. The van der Waals surface area contributed by atoms with Crippen LogP contribution in [0.3, 0.4) is 0 Å². The molecule has 0 amide bonds. The molecule has 2 rings (SSSR count).